The van der Waals surface area contributed by atoms with Gasteiger partial charge >= 0.3 is 0 Å². The van der Waals surface area contributed by atoms with E-state index in [4.69, 9.17) is 4.74 Å². The van der Waals surface area contributed by atoms with E-state index in [1.807, 2.05) is 47.4 Å². The van der Waals surface area contributed by atoms with E-state index < -0.39 is 0 Å². The molecule has 1 atom stereocenters. The number of aromatic amines is 1. The fourth-order valence-electron chi connectivity index (χ4n) is 4.37. The molecule has 4 heteroatoms. The van der Waals surface area contributed by atoms with Crippen LogP contribution in [-0.2, 0) is 6.42 Å². The van der Waals surface area contributed by atoms with Gasteiger partial charge in [0, 0.05) is 17.4 Å². The zero-order valence-corrected chi connectivity index (χ0v) is 14.0. The molecule has 0 aliphatic carbocycles. The minimum Gasteiger partial charge on any atom is -0.464 e. The number of benzene rings is 3. The Labute approximate surface area is 150 Å². The van der Waals surface area contributed by atoms with Crippen LogP contribution in [0, 0.1) is 0 Å². The van der Waals surface area contributed by atoms with Crippen molar-refractivity contribution in [3.05, 3.63) is 77.5 Å². The summed E-state index contributed by atoms with van der Waals surface area (Å²) in [6, 6.07) is 20.2. The van der Waals surface area contributed by atoms with Crippen LogP contribution in [-0.4, -0.2) is 22.3 Å². The predicted octanol–water partition coefficient (Wildman–Crippen LogP) is 4.41. The maximum atomic E-state index is 13.3. The molecule has 2 aliphatic heterocycles. The molecule has 4 aromatic rings. The lowest BCUT2D eigenvalue weighted by molar-refractivity contribution is 0.00244. The van der Waals surface area contributed by atoms with Gasteiger partial charge in [0.25, 0.3) is 5.91 Å². The Morgan fingerprint density at radius 1 is 0.962 bits per heavy atom. The molecular weight excluding hydrogens is 324 g/mol. The van der Waals surface area contributed by atoms with Gasteiger partial charge < -0.3 is 9.72 Å². The van der Waals surface area contributed by atoms with E-state index in [1.165, 1.54) is 10.9 Å². The van der Waals surface area contributed by atoms with Crippen molar-refractivity contribution in [1.82, 2.24) is 9.88 Å². The van der Waals surface area contributed by atoms with E-state index in [9.17, 15) is 4.79 Å². The van der Waals surface area contributed by atoms with Crippen LogP contribution in [0.5, 0.6) is 5.75 Å². The highest BCUT2D eigenvalue weighted by Crippen LogP contribution is 2.42. The van der Waals surface area contributed by atoms with Crippen molar-refractivity contribution in [2.75, 3.05) is 6.54 Å². The highest BCUT2D eigenvalue weighted by molar-refractivity contribution is 6.10. The summed E-state index contributed by atoms with van der Waals surface area (Å²) in [4.78, 5) is 18.7. The number of nitrogens with zero attached hydrogens (tertiary/aromatic N) is 1. The molecule has 1 aromatic heterocycles. The minimum atomic E-state index is -0.382. The van der Waals surface area contributed by atoms with Gasteiger partial charge in [-0.25, -0.2) is 0 Å². The molecule has 3 heterocycles. The van der Waals surface area contributed by atoms with Crippen LogP contribution in [0.2, 0.25) is 0 Å². The third kappa shape index (κ3) is 1.71. The number of ether oxygens (including phenoxy) is 1. The zero-order valence-electron chi connectivity index (χ0n) is 14.0. The number of fused-ring (bicyclic) bond motifs is 8. The maximum Gasteiger partial charge on any atom is 0.261 e. The topological polar surface area (TPSA) is 45.3 Å². The van der Waals surface area contributed by atoms with Crippen molar-refractivity contribution >= 4 is 27.6 Å². The molecule has 6 rings (SSSR count). The number of carbonyl (C=O) groups is 1. The number of rotatable bonds is 0. The van der Waals surface area contributed by atoms with Gasteiger partial charge in [0.15, 0.2) is 0 Å². The van der Waals surface area contributed by atoms with Crippen LogP contribution in [0.3, 0.4) is 0 Å². The normalized spacial score (nSPS) is 18.4. The second kappa shape index (κ2) is 4.88. The van der Waals surface area contributed by atoms with E-state index in [2.05, 4.69) is 23.2 Å². The van der Waals surface area contributed by atoms with Crippen molar-refractivity contribution in [2.45, 2.75) is 12.6 Å². The van der Waals surface area contributed by atoms with E-state index in [1.54, 1.807) is 0 Å². The van der Waals surface area contributed by atoms with Gasteiger partial charge in [-0.05, 0) is 34.9 Å². The fourth-order valence-corrected chi connectivity index (χ4v) is 4.37. The highest BCUT2D eigenvalue weighted by atomic mass is 16.5. The van der Waals surface area contributed by atoms with Crippen LogP contribution in [0.15, 0.2) is 60.7 Å². The first kappa shape index (κ1) is 14.0. The number of hydrogen-bond acceptors (Lipinski definition) is 2. The van der Waals surface area contributed by atoms with Gasteiger partial charge in [-0.2, -0.15) is 0 Å². The van der Waals surface area contributed by atoms with Gasteiger partial charge in [-0.15, -0.1) is 0 Å². The molecule has 3 aromatic carbocycles. The molecular formula is C22H16N2O2. The highest BCUT2D eigenvalue weighted by Gasteiger charge is 2.40. The summed E-state index contributed by atoms with van der Waals surface area (Å²) in [5.41, 5.74) is 4.04. The molecule has 0 saturated carbocycles. The third-order valence-electron chi connectivity index (χ3n) is 5.58. The quantitative estimate of drug-likeness (QED) is 0.515. The monoisotopic (exact) mass is 340 g/mol. The number of carbonyl (C=O) groups excluding carboxylic acids is 1. The Bertz CT molecular complexity index is 1210. The van der Waals surface area contributed by atoms with Crippen LogP contribution < -0.4 is 4.74 Å². The lowest BCUT2D eigenvalue weighted by atomic mass is 9.97. The number of amides is 1. The Kier molecular flexibility index (Phi) is 2.62. The molecule has 0 fully saturated rings. The zero-order chi connectivity index (χ0) is 17.3. The summed E-state index contributed by atoms with van der Waals surface area (Å²) in [6.45, 7) is 0.668. The fraction of sp³-hybridized carbons (Fsp3) is 0.136. The number of para-hydroxylation sites is 1. The first-order valence-corrected chi connectivity index (χ1v) is 8.90. The van der Waals surface area contributed by atoms with Gasteiger partial charge in [0.1, 0.15) is 5.75 Å². The molecule has 0 saturated heterocycles. The average molecular weight is 340 g/mol. The van der Waals surface area contributed by atoms with Crippen LogP contribution >= 0.6 is 0 Å². The van der Waals surface area contributed by atoms with Gasteiger partial charge in [-0.3, -0.25) is 9.69 Å². The van der Waals surface area contributed by atoms with Crippen molar-refractivity contribution < 1.29 is 9.53 Å². The summed E-state index contributed by atoms with van der Waals surface area (Å²) in [6.07, 6.45) is 0.456. The van der Waals surface area contributed by atoms with Gasteiger partial charge in [0.05, 0.1) is 11.3 Å². The Morgan fingerprint density at radius 2 is 1.77 bits per heavy atom. The molecule has 126 valence electrons. The van der Waals surface area contributed by atoms with Crippen molar-refractivity contribution in [3.8, 4) is 5.75 Å². The average Bonchev–Trinajstić information content (AvgIpc) is 3.07. The van der Waals surface area contributed by atoms with Crippen LogP contribution in [0.25, 0.3) is 21.7 Å². The smallest absolute Gasteiger partial charge is 0.261 e. The summed E-state index contributed by atoms with van der Waals surface area (Å²) >= 11 is 0. The third-order valence-corrected chi connectivity index (χ3v) is 5.58. The molecule has 1 N–H and O–H groups in total. The first-order chi connectivity index (χ1) is 12.8. The summed E-state index contributed by atoms with van der Waals surface area (Å²) in [5.74, 6) is 0.721. The predicted molar refractivity (Wildman–Crippen MR) is 100 cm³/mol. The van der Waals surface area contributed by atoms with E-state index >= 15 is 0 Å². The first-order valence-electron chi connectivity index (χ1n) is 8.90. The molecule has 2 aliphatic rings. The largest absolute Gasteiger partial charge is 0.464 e. The molecule has 0 bridgehead atoms. The number of hydrogen-bond donors (Lipinski definition) is 1. The van der Waals surface area contributed by atoms with E-state index in [0.717, 1.165) is 28.4 Å². The molecule has 1 unspecified atom stereocenters. The Balaban J connectivity index is 1.56. The summed E-state index contributed by atoms with van der Waals surface area (Å²) < 4.78 is 6.34. The number of H-pyrrole nitrogens is 1. The van der Waals surface area contributed by atoms with Crippen molar-refractivity contribution in [1.29, 1.82) is 0 Å². The van der Waals surface area contributed by atoms with Crippen molar-refractivity contribution in [2.24, 2.45) is 0 Å². The molecule has 1 amide bonds. The van der Waals surface area contributed by atoms with Gasteiger partial charge in [-0.1, -0.05) is 48.5 Å². The standard InChI is InChI=1S/C22H16N2O2/c25-21-19-14-6-2-1-5-13(14)9-10-18(19)26-22-20-16(11-12-24(21)22)15-7-3-4-8-17(15)23-20/h1-10,22-23H,11-12H2. The molecule has 4 nitrogen and oxygen atoms in total. The second-order valence-electron chi connectivity index (χ2n) is 6.94. The summed E-state index contributed by atoms with van der Waals surface area (Å²) in [5, 5.41) is 3.24. The molecule has 0 spiro atoms. The van der Waals surface area contributed by atoms with Crippen molar-refractivity contribution in [3.63, 3.8) is 0 Å². The minimum absolute atomic E-state index is 0.0531. The van der Waals surface area contributed by atoms with E-state index in [-0.39, 0.29) is 12.1 Å². The van der Waals surface area contributed by atoms with E-state index in [0.29, 0.717) is 17.9 Å². The maximum absolute atomic E-state index is 13.3. The Morgan fingerprint density at radius 3 is 2.69 bits per heavy atom. The lowest BCUT2D eigenvalue weighted by Crippen LogP contribution is -2.45. The number of aromatic nitrogens is 1. The molecule has 0 radical (unpaired) electrons. The summed E-state index contributed by atoms with van der Waals surface area (Å²) in [7, 11) is 0. The molecule has 26 heavy (non-hydrogen) atoms. The van der Waals surface area contributed by atoms with Crippen LogP contribution in [0.1, 0.15) is 27.8 Å². The Hall–Kier alpha value is -3.27. The van der Waals surface area contributed by atoms with Gasteiger partial charge in [0.2, 0.25) is 6.23 Å². The lowest BCUT2D eigenvalue weighted by Gasteiger charge is -2.39. The van der Waals surface area contributed by atoms with Crippen LogP contribution in [0.4, 0.5) is 0 Å². The second-order valence-corrected chi connectivity index (χ2v) is 6.94. The number of nitrogens with one attached hydrogen (secondary N) is 1. The SMILES string of the molecule is O=C1c2c(ccc3ccccc23)OC2c3[nH]c4ccccc4c3CCN12.